The van der Waals surface area contributed by atoms with Gasteiger partial charge in [-0.05, 0) is 12.1 Å². The molecule has 0 saturated carbocycles. The molecule has 1 N–H and O–H groups in total. The monoisotopic (exact) mass is 250 g/mol. The Morgan fingerprint density at radius 2 is 2.12 bits per heavy atom. The fourth-order valence-corrected chi connectivity index (χ4v) is 1.11. The summed E-state index contributed by atoms with van der Waals surface area (Å²) in [5.41, 5.74) is -0.936. The van der Waals surface area contributed by atoms with Crippen LogP contribution in [-0.2, 0) is 0 Å². The Kier molecular flexibility index (Phi) is 3.89. The zero-order chi connectivity index (χ0) is 13.1. The Morgan fingerprint density at radius 3 is 2.59 bits per heavy atom. The van der Waals surface area contributed by atoms with Gasteiger partial charge in [-0.15, -0.1) is 0 Å². The van der Waals surface area contributed by atoms with Gasteiger partial charge in [-0.3, -0.25) is 10.1 Å². The SMILES string of the molecule is O=[N+]([O-])c1c([CH]O)cccc1OCC(F)(F)F. The second kappa shape index (κ2) is 5.00. The molecule has 0 aliphatic carbocycles. The molecule has 0 aromatic heterocycles. The number of halogens is 3. The molecular formula is C9H7F3NO4. The van der Waals surface area contributed by atoms with E-state index in [1.807, 2.05) is 0 Å². The summed E-state index contributed by atoms with van der Waals surface area (Å²) in [4.78, 5) is 9.72. The van der Waals surface area contributed by atoms with Crippen LogP contribution in [0.5, 0.6) is 5.75 Å². The molecular weight excluding hydrogens is 243 g/mol. The summed E-state index contributed by atoms with van der Waals surface area (Å²) in [6, 6.07) is 3.44. The molecule has 0 amide bonds. The number of alkyl halides is 3. The average Bonchev–Trinajstić information content (AvgIpc) is 2.24. The zero-order valence-electron chi connectivity index (χ0n) is 8.27. The van der Waals surface area contributed by atoms with E-state index in [0.29, 0.717) is 6.61 Å². The van der Waals surface area contributed by atoms with Gasteiger partial charge in [-0.25, -0.2) is 0 Å². The molecule has 0 heterocycles. The second-order valence-electron chi connectivity index (χ2n) is 2.98. The highest BCUT2D eigenvalue weighted by molar-refractivity contribution is 5.54. The molecule has 0 fully saturated rings. The van der Waals surface area contributed by atoms with Gasteiger partial charge in [0.1, 0.15) is 6.61 Å². The van der Waals surface area contributed by atoms with Crippen molar-refractivity contribution in [1.29, 1.82) is 0 Å². The van der Waals surface area contributed by atoms with E-state index in [9.17, 15) is 23.3 Å². The summed E-state index contributed by atoms with van der Waals surface area (Å²) in [5.74, 6) is -0.546. The molecule has 0 atom stereocenters. The lowest BCUT2D eigenvalue weighted by Gasteiger charge is -2.10. The molecule has 0 saturated heterocycles. The molecule has 0 aliphatic heterocycles. The van der Waals surface area contributed by atoms with Gasteiger partial charge in [0, 0.05) is 0 Å². The van der Waals surface area contributed by atoms with Gasteiger partial charge in [0.2, 0.25) is 0 Å². The van der Waals surface area contributed by atoms with Crippen molar-refractivity contribution in [2.24, 2.45) is 0 Å². The molecule has 1 aromatic rings. The van der Waals surface area contributed by atoms with Crippen LogP contribution in [0, 0.1) is 16.7 Å². The summed E-state index contributed by atoms with van der Waals surface area (Å²) in [7, 11) is 0. The highest BCUT2D eigenvalue weighted by atomic mass is 19.4. The quantitative estimate of drug-likeness (QED) is 0.657. The first-order valence-electron chi connectivity index (χ1n) is 4.29. The largest absolute Gasteiger partial charge is 0.477 e. The number of rotatable bonds is 4. The minimum Gasteiger partial charge on any atom is -0.477 e. The molecule has 93 valence electrons. The number of aliphatic hydroxyl groups excluding tert-OH is 1. The number of aliphatic hydroxyl groups is 1. The molecule has 8 heteroatoms. The Hall–Kier alpha value is -1.83. The normalized spacial score (nSPS) is 11.3. The number of nitrogens with zero attached hydrogens (tertiary/aromatic N) is 1. The van der Waals surface area contributed by atoms with Gasteiger partial charge >= 0.3 is 11.9 Å². The third-order valence-corrected chi connectivity index (χ3v) is 1.74. The highest BCUT2D eigenvalue weighted by Crippen LogP contribution is 2.32. The van der Waals surface area contributed by atoms with Crippen LogP contribution in [0.3, 0.4) is 0 Å². The van der Waals surface area contributed by atoms with E-state index in [-0.39, 0.29) is 5.56 Å². The molecule has 1 radical (unpaired) electrons. The smallest absolute Gasteiger partial charge is 0.422 e. The van der Waals surface area contributed by atoms with E-state index in [2.05, 4.69) is 4.74 Å². The van der Waals surface area contributed by atoms with Gasteiger partial charge in [-0.1, -0.05) is 6.07 Å². The van der Waals surface area contributed by atoms with Gasteiger partial charge in [-0.2, -0.15) is 13.2 Å². The minimum absolute atomic E-state index is 0.227. The van der Waals surface area contributed by atoms with E-state index >= 15 is 0 Å². The summed E-state index contributed by atoms with van der Waals surface area (Å²) in [6.07, 6.45) is -4.59. The lowest BCUT2D eigenvalue weighted by Crippen LogP contribution is -2.19. The topological polar surface area (TPSA) is 72.6 Å². The number of benzene rings is 1. The number of nitro benzene ring substituents is 1. The summed E-state index contributed by atoms with van der Waals surface area (Å²) in [5, 5.41) is 19.4. The van der Waals surface area contributed by atoms with E-state index in [1.165, 1.54) is 12.1 Å². The Bertz CT molecular complexity index is 419. The van der Waals surface area contributed by atoms with Crippen molar-refractivity contribution in [2.75, 3.05) is 6.61 Å². The third-order valence-electron chi connectivity index (χ3n) is 1.74. The fourth-order valence-electron chi connectivity index (χ4n) is 1.11. The van der Waals surface area contributed by atoms with E-state index in [0.717, 1.165) is 6.07 Å². The number of ether oxygens (including phenoxy) is 1. The highest BCUT2D eigenvalue weighted by Gasteiger charge is 2.30. The average molecular weight is 250 g/mol. The first-order chi connectivity index (χ1) is 7.85. The fraction of sp³-hybridized carbons (Fsp3) is 0.222. The third kappa shape index (κ3) is 3.59. The Labute approximate surface area is 93.6 Å². The Balaban J connectivity index is 3.02. The molecule has 1 rings (SSSR count). The number of hydrogen-bond acceptors (Lipinski definition) is 4. The van der Waals surface area contributed by atoms with Crippen LogP contribution in [-0.4, -0.2) is 22.8 Å². The molecule has 0 aliphatic rings. The van der Waals surface area contributed by atoms with Crippen molar-refractivity contribution in [1.82, 2.24) is 0 Å². The van der Waals surface area contributed by atoms with E-state index in [1.54, 1.807) is 0 Å². The first kappa shape index (κ1) is 13.2. The van der Waals surface area contributed by atoms with Crippen molar-refractivity contribution in [3.63, 3.8) is 0 Å². The summed E-state index contributed by atoms with van der Waals surface area (Å²) in [6.45, 7) is -1.21. The van der Waals surface area contributed by atoms with Crippen LogP contribution in [0.25, 0.3) is 0 Å². The molecule has 1 aromatic carbocycles. The first-order valence-corrected chi connectivity index (χ1v) is 4.29. The van der Waals surface area contributed by atoms with Gasteiger partial charge in [0.25, 0.3) is 0 Å². The van der Waals surface area contributed by atoms with Crippen LogP contribution in [0.15, 0.2) is 18.2 Å². The van der Waals surface area contributed by atoms with Crippen LogP contribution < -0.4 is 4.74 Å². The Morgan fingerprint density at radius 1 is 1.47 bits per heavy atom. The van der Waals surface area contributed by atoms with Crippen LogP contribution >= 0.6 is 0 Å². The van der Waals surface area contributed by atoms with Crippen molar-refractivity contribution in [2.45, 2.75) is 6.18 Å². The van der Waals surface area contributed by atoms with Crippen molar-refractivity contribution >= 4 is 5.69 Å². The minimum atomic E-state index is -4.59. The number of hydrogen-bond donors (Lipinski definition) is 1. The molecule has 5 nitrogen and oxygen atoms in total. The van der Waals surface area contributed by atoms with Gasteiger partial charge in [0.15, 0.2) is 12.4 Å². The lowest BCUT2D eigenvalue weighted by atomic mass is 10.2. The maximum atomic E-state index is 11.9. The summed E-state index contributed by atoms with van der Waals surface area (Å²) >= 11 is 0. The second-order valence-corrected chi connectivity index (χ2v) is 2.98. The number of nitro groups is 1. The predicted octanol–water partition coefficient (Wildman–Crippen LogP) is 2.42. The zero-order valence-corrected chi connectivity index (χ0v) is 8.27. The molecule has 17 heavy (non-hydrogen) atoms. The molecule has 0 unspecified atom stereocenters. The number of para-hydroxylation sites is 1. The molecule has 0 bridgehead atoms. The maximum Gasteiger partial charge on any atom is 0.422 e. The lowest BCUT2D eigenvalue weighted by molar-refractivity contribution is -0.386. The van der Waals surface area contributed by atoms with Crippen molar-refractivity contribution in [3.05, 3.63) is 40.5 Å². The molecule has 0 spiro atoms. The predicted molar refractivity (Wildman–Crippen MR) is 50.0 cm³/mol. The van der Waals surface area contributed by atoms with Gasteiger partial charge in [0.05, 0.1) is 10.5 Å². The van der Waals surface area contributed by atoms with Crippen LogP contribution in [0.1, 0.15) is 5.56 Å². The van der Waals surface area contributed by atoms with Crippen molar-refractivity contribution in [3.8, 4) is 5.75 Å². The maximum absolute atomic E-state index is 11.9. The van der Waals surface area contributed by atoms with E-state index < -0.39 is 29.1 Å². The van der Waals surface area contributed by atoms with Crippen molar-refractivity contribution < 1.29 is 27.9 Å². The van der Waals surface area contributed by atoms with E-state index in [4.69, 9.17) is 5.11 Å². The standard InChI is InChI=1S/C9H7F3NO4/c10-9(11,12)5-17-7-3-1-2-6(4-14)8(7)13(15)16/h1-4,14H,5H2. The summed E-state index contributed by atoms with van der Waals surface area (Å²) < 4.78 is 40.0. The van der Waals surface area contributed by atoms with Crippen LogP contribution in [0.4, 0.5) is 18.9 Å². The van der Waals surface area contributed by atoms with Crippen LogP contribution in [0.2, 0.25) is 0 Å². The van der Waals surface area contributed by atoms with Gasteiger partial charge < -0.3 is 9.84 Å².